The largest absolute Gasteiger partial charge is 0.480 e. The minimum Gasteiger partial charge on any atom is -0.480 e. The summed E-state index contributed by atoms with van der Waals surface area (Å²) >= 11 is 0. The fourth-order valence-corrected chi connectivity index (χ4v) is 4.79. The fourth-order valence-electron chi connectivity index (χ4n) is 4.79. The molecule has 1 saturated heterocycles. The summed E-state index contributed by atoms with van der Waals surface area (Å²) in [5.41, 5.74) is 1.78. The highest BCUT2D eigenvalue weighted by molar-refractivity contribution is 5.94. The van der Waals surface area contributed by atoms with Crippen molar-refractivity contribution < 1.29 is 23.2 Å². The number of anilines is 1. The molecule has 0 aliphatic carbocycles. The van der Waals surface area contributed by atoms with Gasteiger partial charge in [-0.3, -0.25) is 19.5 Å². The summed E-state index contributed by atoms with van der Waals surface area (Å²) in [5.74, 6) is 1.37. The highest BCUT2D eigenvalue weighted by atomic mass is 19.1. The van der Waals surface area contributed by atoms with Crippen LogP contribution < -0.4 is 25.7 Å². The molecule has 1 fully saturated rings. The van der Waals surface area contributed by atoms with Crippen molar-refractivity contribution in [2.75, 3.05) is 31.6 Å². The number of fused-ring (bicyclic) bond motifs is 2. The number of likely N-dealkylation sites (tertiary alicyclic amines) is 1. The zero-order valence-corrected chi connectivity index (χ0v) is 20.9. The normalized spacial score (nSPS) is 19.4. The third-order valence-electron chi connectivity index (χ3n) is 6.79. The number of carbonyl (C=O) groups is 1. The van der Waals surface area contributed by atoms with Crippen molar-refractivity contribution in [2.24, 2.45) is 0 Å². The van der Waals surface area contributed by atoms with E-state index in [9.17, 15) is 9.59 Å². The van der Waals surface area contributed by atoms with Crippen LogP contribution in [0.5, 0.6) is 17.4 Å². The van der Waals surface area contributed by atoms with Crippen LogP contribution in [0.15, 0.2) is 58.2 Å². The number of alkyl halides is 1. The first-order valence-corrected chi connectivity index (χ1v) is 12.6. The second kappa shape index (κ2) is 10.8. The van der Waals surface area contributed by atoms with E-state index in [1.54, 1.807) is 41.1 Å². The molecule has 0 unspecified atom stereocenters. The molecule has 4 aromatic heterocycles. The minimum absolute atomic E-state index is 0.0281. The second-order valence-electron chi connectivity index (χ2n) is 9.42. The molecule has 2 aliphatic rings. The number of piperidine rings is 1. The zero-order chi connectivity index (χ0) is 26.8. The topological polar surface area (TPSA) is 137 Å². The molecule has 0 bridgehead atoms. The van der Waals surface area contributed by atoms with E-state index in [1.807, 2.05) is 4.90 Å². The molecule has 12 nitrogen and oxygen atoms in total. The lowest BCUT2D eigenvalue weighted by Gasteiger charge is -2.35. The first-order valence-electron chi connectivity index (χ1n) is 12.6. The number of hydrogen-bond acceptors (Lipinski definition) is 10. The first kappa shape index (κ1) is 24.9. The van der Waals surface area contributed by atoms with Crippen LogP contribution in [0.2, 0.25) is 0 Å². The molecule has 2 aliphatic heterocycles. The van der Waals surface area contributed by atoms with E-state index in [1.165, 1.54) is 12.3 Å². The van der Waals surface area contributed by atoms with Crippen molar-refractivity contribution in [1.29, 1.82) is 0 Å². The summed E-state index contributed by atoms with van der Waals surface area (Å²) in [6.07, 6.45) is 2.47. The van der Waals surface area contributed by atoms with Gasteiger partial charge in [0, 0.05) is 50.4 Å². The lowest BCUT2D eigenvalue weighted by molar-refractivity contribution is -0.118. The molecule has 0 radical (unpaired) electrons. The molecule has 0 spiro atoms. The summed E-state index contributed by atoms with van der Waals surface area (Å²) in [6, 6.07) is 9.68. The van der Waals surface area contributed by atoms with Crippen LogP contribution in [0, 0.1) is 0 Å². The summed E-state index contributed by atoms with van der Waals surface area (Å²) in [4.78, 5) is 35.1. The van der Waals surface area contributed by atoms with E-state index < -0.39 is 6.17 Å². The fraction of sp³-hybridized carbons (Fsp3) is 0.346. The van der Waals surface area contributed by atoms with Crippen LogP contribution in [0.3, 0.4) is 0 Å². The van der Waals surface area contributed by atoms with Crippen LogP contribution in [0.25, 0.3) is 11.0 Å². The molecule has 0 saturated carbocycles. The first-order chi connectivity index (χ1) is 19.0. The van der Waals surface area contributed by atoms with Crippen molar-refractivity contribution in [2.45, 2.75) is 31.7 Å². The Morgan fingerprint density at radius 1 is 1.18 bits per heavy atom. The Morgan fingerprint density at radius 2 is 2.10 bits per heavy atom. The SMILES string of the molecule is O=C1COc2ccc(CN[C@@H]3CCN(CCn4c(=O)ccc5ncc(Oc6ccon6)cc54)C[C@@H]3F)nc2N1. The number of ether oxygens (including phenoxy) is 2. The average molecular weight is 536 g/mol. The number of amides is 1. The molecule has 202 valence electrons. The Morgan fingerprint density at radius 3 is 2.95 bits per heavy atom. The molecule has 1 amide bonds. The lowest BCUT2D eigenvalue weighted by atomic mass is 10.0. The number of nitrogens with zero attached hydrogens (tertiary/aromatic N) is 5. The highest BCUT2D eigenvalue weighted by Gasteiger charge is 2.29. The number of pyridine rings is 3. The quantitative estimate of drug-likeness (QED) is 0.345. The summed E-state index contributed by atoms with van der Waals surface area (Å²) in [7, 11) is 0. The Bertz CT molecular complexity index is 1540. The maximum atomic E-state index is 15.1. The van der Waals surface area contributed by atoms with Crippen molar-refractivity contribution in [3.8, 4) is 17.4 Å². The average Bonchev–Trinajstić information content (AvgIpc) is 3.45. The van der Waals surface area contributed by atoms with Crippen molar-refractivity contribution >= 4 is 22.8 Å². The summed E-state index contributed by atoms with van der Waals surface area (Å²) < 4.78 is 32.5. The van der Waals surface area contributed by atoms with Gasteiger partial charge in [0.25, 0.3) is 17.3 Å². The predicted molar refractivity (Wildman–Crippen MR) is 138 cm³/mol. The van der Waals surface area contributed by atoms with Gasteiger partial charge in [-0.2, -0.15) is 0 Å². The van der Waals surface area contributed by atoms with E-state index in [-0.39, 0.29) is 36.5 Å². The van der Waals surface area contributed by atoms with Crippen LogP contribution in [-0.2, 0) is 17.9 Å². The van der Waals surface area contributed by atoms with E-state index >= 15 is 4.39 Å². The highest BCUT2D eigenvalue weighted by Crippen LogP contribution is 2.26. The number of nitrogens with one attached hydrogen (secondary N) is 2. The van der Waals surface area contributed by atoms with Gasteiger partial charge in [0.1, 0.15) is 18.2 Å². The third kappa shape index (κ3) is 5.59. The van der Waals surface area contributed by atoms with Crippen molar-refractivity contribution in [3.05, 3.63) is 64.9 Å². The van der Waals surface area contributed by atoms with Crippen LogP contribution in [0.1, 0.15) is 12.1 Å². The summed E-state index contributed by atoms with van der Waals surface area (Å²) in [5, 5.41) is 9.66. The number of carbonyl (C=O) groups excluding carboxylic acids is 1. The van der Waals surface area contributed by atoms with Gasteiger partial charge in [-0.25, -0.2) is 9.37 Å². The number of aromatic nitrogens is 4. The standard InChI is InChI=1S/C26H26FN7O5/c27-18-14-33(7-5-19(18)28-12-16-1-3-22-26(30-16)31-23(35)15-37-22)8-9-34-21-11-17(39-24-6-10-38-32-24)13-29-20(21)2-4-25(34)36/h1-4,6,10-11,13,18-19,28H,5,7-9,12,14-15H2,(H,30,31,35)/t18-,19+/m0/s1. The Hall–Kier alpha value is -4.36. The molecule has 2 atom stereocenters. The van der Waals surface area contributed by atoms with E-state index in [0.29, 0.717) is 66.6 Å². The van der Waals surface area contributed by atoms with Gasteiger partial charge >= 0.3 is 0 Å². The van der Waals surface area contributed by atoms with Gasteiger partial charge in [-0.15, -0.1) is 0 Å². The van der Waals surface area contributed by atoms with Crippen molar-refractivity contribution in [1.82, 2.24) is 29.9 Å². The monoisotopic (exact) mass is 535 g/mol. The van der Waals surface area contributed by atoms with Gasteiger partial charge < -0.3 is 29.2 Å². The molecule has 0 aromatic carbocycles. The predicted octanol–water partition coefficient (Wildman–Crippen LogP) is 2.10. The number of halogens is 1. The molecular formula is C26H26FN7O5. The maximum absolute atomic E-state index is 15.1. The Kier molecular flexibility index (Phi) is 6.90. The third-order valence-corrected chi connectivity index (χ3v) is 6.79. The zero-order valence-electron chi connectivity index (χ0n) is 20.9. The van der Waals surface area contributed by atoms with Crippen LogP contribution in [-0.4, -0.2) is 69.0 Å². The van der Waals surface area contributed by atoms with E-state index in [4.69, 9.17) is 14.0 Å². The molecule has 13 heteroatoms. The molecule has 6 heterocycles. The molecular weight excluding hydrogens is 509 g/mol. The van der Waals surface area contributed by atoms with Gasteiger partial charge in [0.15, 0.2) is 18.2 Å². The van der Waals surface area contributed by atoms with Gasteiger partial charge in [0.2, 0.25) is 0 Å². The molecule has 2 N–H and O–H groups in total. The van der Waals surface area contributed by atoms with Crippen LogP contribution in [0.4, 0.5) is 10.2 Å². The Balaban J connectivity index is 1.06. The van der Waals surface area contributed by atoms with Gasteiger partial charge in [-0.1, -0.05) is 0 Å². The molecule has 4 aromatic rings. The number of rotatable bonds is 8. The maximum Gasteiger partial charge on any atom is 0.263 e. The van der Waals surface area contributed by atoms with Crippen molar-refractivity contribution in [3.63, 3.8) is 0 Å². The van der Waals surface area contributed by atoms with Gasteiger partial charge in [0.05, 0.1) is 22.9 Å². The van der Waals surface area contributed by atoms with E-state index in [0.717, 1.165) is 0 Å². The van der Waals surface area contributed by atoms with Crippen LogP contribution >= 0.6 is 0 Å². The molecule has 6 rings (SSSR count). The summed E-state index contributed by atoms with van der Waals surface area (Å²) in [6.45, 7) is 2.15. The molecule has 39 heavy (non-hydrogen) atoms. The van der Waals surface area contributed by atoms with E-state index in [2.05, 4.69) is 25.8 Å². The Labute approximate surface area is 221 Å². The number of hydrogen-bond donors (Lipinski definition) is 2. The smallest absolute Gasteiger partial charge is 0.263 e. The lowest BCUT2D eigenvalue weighted by Crippen LogP contribution is -2.51. The second-order valence-corrected chi connectivity index (χ2v) is 9.42. The minimum atomic E-state index is -1.09. The van der Waals surface area contributed by atoms with Gasteiger partial charge in [-0.05, 0) is 36.3 Å².